The molecule has 0 radical (unpaired) electrons. The Labute approximate surface area is 182 Å². The number of thiophene rings is 1. The van der Waals surface area contributed by atoms with Gasteiger partial charge in [-0.3, -0.25) is 14.2 Å². The molecule has 8 heteroatoms. The number of benzene rings is 1. The number of aryl methyl sites for hydroxylation is 2. The minimum absolute atomic E-state index is 0.0239. The third kappa shape index (κ3) is 3.32. The second-order valence-corrected chi connectivity index (χ2v) is 9.90. The summed E-state index contributed by atoms with van der Waals surface area (Å²) in [6, 6.07) is 5.40. The number of thioether (sulfide) groups is 1. The fourth-order valence-electron chi connectivity index (χ4n) is 4.16. The Morgan fingerprint density at radius 1 is 1.23 bits per heavy atom. The Hall–Kier alpha value is -2.32. The Bertz CT molecular complexity index is 1210. The summed E-state index contributed by atoms with van der Waals surface area (Å²) < 4.78 is 12.5. The van der Waals surface area contributed by atoms with Gasteiger partial charge in [-0.1, -0.05) is 24.6 Å². The predicted octanol–water partition coefficient (Wildman–Crippen LogP) is 4.89. The first-order chi connectivity index (χ1) is 14.5. The Morgan fingerprint density at radius 2 is 2.00 bits per heavy atom. The zero-order valence-electron chi connectivity index (χ0n) is 16.9. The summed E-state index contributed by atoms with van der Waals surface area (Å²) in [7, 11) is 0. The maximum absolute atomic E-state index is 13.4. The van der Waals surface area contributed by atoms with Gasteiger partial charge < -0.3 is 9.47 Å². The van der Waals surface area contributed by atoms with E-state index in [0.717, 1.165) is 46.3 Å². The summed E-state index contributed by atoms with van der Waals surface area (Å²) in [6.45, 7) is 4.20. The van der Waals surface area contributed by atoms with Gasteiger partial charge in [0.15, 0.2) is 22.4 Å². The highest BCUT2D eigenvalue weighted by atomic mass is 32.2. The van der Waals surface area contributed by atoms with Gasteiger partial charge in [-0.15, -0.1) is 11.3 Å². The van der Waals surface area contributed by atoms with Crippen LogP contribution in [-0.2, 0) is 0 Å². The van der Waals surface area contributed by atoms with Gasteiger partial charge in [0.2, 0.25) is 6.79 Å². The molecule has 1 aliphatic heterocycles. The standard InChI is InChI=1S/C22H22N2O4S2/c1-12-13(2)30-20-19(12)21(26)24(15-5-3-4-6-15)22(23-20)29-10-16(25)14-7-8-17-18(9-14)28-11-27-17/h7-9,15H,3-6,10-11H2,1-2H3. The number of nitrogens with zero attached hydrogens (tertiary/aromatic N) is 2. The smallest absolute Gasteiger partial charge is 0.263 e. The van der Waals surface area contributed by atoms with E-state index in [1.54, 1.807) is 29.5 Å². The second kappa shape index (κ2) is 7.74. The highest BCUT2D eigenvalue weighted by Crippen LogP contribution is 2.36. The summed E-state index contributed by atoms with van der Waals surface area (Å²) in [5.74, 6) is 1.44. The van der Waals surface area contributed by atoms with Crippen molar-refractivity contribution in [2.24, 2.45) is 0 Å². The van der Waals surface area contributed by atoms with Crippen molar-refractivity contribution >= 4 is 39.1 Å². The number of carbonyl (C=O) groups excluding carboxylic acids is 1. The van der Waals surface area contributed by atoms with Crippen molar-refractivity contribution in [3.8, 4) is 11.5 Å². The zero-order valence-corrected chi connectivity index (χ0v) is 18.5. The third-order valence-corrected chi connectivity index (χ3v) is 7.97. The SMILES string of the molecule is Cc1sc2nc(SCC(=O)c3ccc4c(c3)OCO4)n(C3CCCC3)c(=O)c2c1C. The number of hydrogen-bond acceptors (Lipinski definition) is 7. The first kappa shape index (κ1) is 19.6. The molecule has 0 bridgehead atoms. The van der Waals surface area contributed by atoms with Crippen molar-refractivity contribution in [3.63, 3.8) is 0 Å². The minimum atomic E-state index is -0.0239. The largest absolute Gasteiger partial charge is 0.454 e. The van der Waals surface area contributed by atoms with Crippen LogP contribution < -0.4 is 15.0 Å². The first-order valence-corrected chi connectivity index (χ1v) is 11.9. The molecule has 2 aromatic heterocycles. The van der Waals surface area contributed by atoms with E-state index in [0.29, 0.717) is 22.2 Å². The van der Waals surface area contributed by atoms with Crippen molar-refractivity contribution < 1.29 is 14.3 Å². The molecule has 3 aromatic rings. The van der Waals surface area contributed by atoms with Crippen molar-refractivity contribution in [3.05, 3.63) is 44.6 Å². The predicted molar refractivity (Wildman–Crippen MR) is 118 cm³/mol. The van der Waals surface area contributed by atoms with Gasteiger partial charge in [0.25, 0.3) is 5.56 Å². The van der Waals surface area contributed by atoms with Crippen LogP contribution in [0.25, 0.3) is 10.2 Å². The maximum Gasteiger partial charge on any atom is 0.263 e. The lowest BCUT2D eigenvalue weighted by molar-refractivity contribution is 0.102. The van der Waals surface area contributed by atoms with Gasteiger partial charge in [0, 0.05) is 16.5 Å². The molecule has 0 spiro atoms. The molecule has 1 fully saturated rings. The quantitative estimate of drug-likeness (QED) is 0.318. The van der Waals surface area contributed by atoms with Crippen LogP contribution in [0.15, 0.2) is 28.2 Å². The Balaban J connectivity index is 1.48. The molecule has 2 aliphatic rings. The molecular formula is C22H22N2O4S2. The summed E-state index contributed by atoms with van der Waals surface area (Å²) >= 11 is 2.90. The van der Waals surface area contributed by atoms with Crippen LogP contribution >= 0.6 is 23.1 Å². The molecule has 0 amide bonds. The van der Waals surface area contributed by atoms with E-state index >= 15 is 0 Å². The first-order valence-electron chi connectivity index (χ1n) is 10.1. The lowest BCUT2D eigenvalue weighted by Gasteiger charge is -2.18. The zero-order chi connectivity index (χ0) is 20.8. The summed E-state index contributed by atoms with van der Waals surface area (Å²) in [5.41, 5.74) is 1.63. The monoisotopic (exact) mass is 442 g/mol. The molecule has 6 nitrogen and oxygen atoms in total. The van der Waals surface area contributed by atoms with E-state index in [2.05, 4.69) is 0 Å². The number of hydrogen-bond donors (Lipinski definition) is 0. The van der Waals surface area contributed by atoms with Gasteiger partial charge >= 0.3 is 0 Å². The van der Waals surface area contributed by atoms with Crippen LogP contribution in [0.1, 0.15) is 52.5 Å². The molecule has 0 atom stereocenters. The van der Waals surface area contributed by atoms with E-state index in [9.17, 15) is 9.59 Å². The van der Waals surface area contributed by atoms with Gasteiger partial charge in [-0.25, -0.2) is 4.98 Å². The van der Waals surface area contributed by atoms with Crippen molar-refractivity contribution in [2.75, 3.05) is 12.5 Å². The normalized spacial score (nSPS) is 15.9. The summed E-state index contributed by atoms with van der Waals surface area (Å²) in [4.78, 5) is 33.0. The number of ether oxygens (including phenoxy) is 2. The second-order valence-electron chi connectivity index (χ2n) is 7.75. The van der Waals surface area contributed by atoms with Crippen LogP contribution in [0, 0.1) is 13.8 Å². The molecule has 156 valence electrons. The molecule has 3 heterocycles. The van der Waals surface area contributed by atoms with Crippen LogP contribution in [0.2, 0.25) is 0 Å². The number of Topliss-reactive ketones (excluding diaryl/α,β-unsaturated/α-hetero) is 1. The number of aromatic nitrogens is 2. The minimum Gasteiger partial charge on any atom is -0.454 e. The van der Waals surface area contributed by atoms with Crippen LogP contribution in [0.4, 0.5) is 0 Å². The topological polar surface area (TPSA) is 70.4 Å². The van der Waals surface area contributed by atoms with Crippen molar-refractivity contribution in [1.29, 1.82) is 0 Å². The van der Waals surface area contributed by atoms with Crippen molar-refractivity contribution in [1.82, 2.24) is 9.55 Å². The number of ketones is 1. The molecule has 30 heavy (non-hydrogen) atoms. The number of rotatable bonds is 5. The average Bonchev–Trinajstić information content (AvgIpc) is 3.47. The highest BCUT2D eigenvalue weighted by molar-refractivity contribution is 7.99. The molecular weight excluding hydrogens is 420 g/mol. The van der Waals surface area contributed by atoms with Gasteiger partial charge in [0.05, 0.1) is 11.1 Å². The molecule has 1 aromatic carbocycles. The van der Waals surface area contributed by atoms with E-state index in [1.807, 2.05) is 18.4 Å². The molecule has 5 rings (SSSR count). The number of fused-ring (bicyclic) bond motifs is 2. The number of carbonyl (C=O) groups is 1. The van der Waals surface area contributed by atoms with Crippen LogP contribution in [-0.4, -0.2) is 27.9 Å². The van der Waals surface area contributed by atoms with Gasteiger partial charge in [-0.2, -0.15) is 0 Å². The van der Waals surface area contributed by atoms with E-state index in [4.69, 9.17) is 14.5 Å². The van der Waals surface area contributed by atoms with Gasteiger partial charge in [0.1, 0.15) is 4.83 Å². The summed E-state index contributed by atoms with van der Waals surface area (Å²) in [5, 5.41) is 1.38. The van der Waals surface area contributed by atoms with E-state index < -0.39 is 0 Å². The highest BCUT2D eigenvalue weighted by Gasteiger charge is 2.25. The fraction of sp³-hybridized carbons (Fsp3) is 0.409. The maximum atomic E-state index is 13.4. The van der Waals surface area contributed by atoms with Crippen LogP contribution in [0.5, 0.6) is 11.5 Å². The summed E-state index contributed by atoms with van der Waals surface area (Å²) in [6.07, 6.45) is 4.21. The molecule has 1 saturated carbocycles. The van der Waals surface area contributed by atoms with E-state index in [1.165, 1.54) is 11.8 Å². The average molecular weight is 443 g/mol. The molecule has 0 unspecified atom stereocenters. The lowest BCUT2D eigenvalue weighted by atomic mass is 10.1. The molecule has 1 aliphatic carbocycles. The van der Waals surface area contributed by atoms with E-state index in [-0.39, 0.29) is 29.9 Å². The third-order valence-electron chi connectivity index (χ3n) is 5.92. The fourth-order valence-corrected chi connectivity index (χ4v) is 6.19. The van der Waals surface area contributed by atoms with Crippen molar-refractivity contribution in [2.45, 2.75) is 50.7 Å². The Morgan fingerprint density at radius 3 is 2.80 bits per heavy atom. The van der Waals surface area contributed by atoms with Gasteiger partial charge in [-0.05, 0) is 50.5 Å². The molecule has 0 N–H and O–H groups in total. The lowest BCUT2D eigenvalue weighted by Crippen LogP contribution is -2.26. The van der Waals surface area contributed by atoms with Crippen LogP contribution in [0.3, 0.4) is 0 Å². The molecule has 0 saturated heterocycles. The Kier molecular flexibility index (Phi) is 5.06.